The van der Waals surface area contributed by atoms with Crippen molar-refractivity contribution in [3.63, 3.8) is 0 Å². The van der Waals surface area contributed by atoms with Crippen LogP contribution in [-0.2, 0) is 11.2 Å². The van der Waals surface area contributed by atoms with Crippen molar-refractivity contribution in [2.75, 3.05) is 25.9 Å². The summed E-state index contributed by atoms with van der Waals surface area (Å²) in [6.07, 6.45) is 6.25. The maximum absolute atomic E-state index is 11.8. The normalized spacial score (nSPS) is 17.4. The SMILES string of the molecule is C[S+]([O-])C(C)(C)CCN1CC=C(c2ccc(-c3ccsc3)cc2)CC1. The Morgan fingerprint density at radius 1 is 1.12 bits per heavy atom. The van der Waals surface area contributed by atoms with Gasteiger partial charge in [-0.3, -0.25) is 4.90 Å². The minimum atomic E-state index is -0.773. The van der Waals surface area contributed by atoms with Gasteiger partial charge in [-0.1, -0.05) is 41.5 Å². The molecule has 0 aliphatic carbocycles. The Kier molecular flexibility index (Phi) is 6.05. The third-order valence-corrected chi connectivity index (χ3v) is 7.66. The van der Waals surface area contributed by atoms with Gasteiger partial charge >= 0.3 is 0 Å². The summed E-state index contributed by atoms with van der Waals surface area (Å²) < 4.78 is 11.7. The Bertz CT molecular complexity index is 702. The third-order valence-electron chi connectivity index (χ3n) is 5.21. The van der Waals surface area contributed by atoms with E-state index in [1.54, 1.807) is 11.3 Å². The minimum Gasteiger partial charge on any atom is -0.616 e. The quantitative estimate of drug-likeness (QED) is 0.662. The molecule has 134 valence electrons. The topological polar surface area (TPSA) is 26.3 Å². The molecular weight excluding hydrogens is 346 g/mol. The maximum Gasteiger partial charge on any atom is 0.121 e. The molecule has 1 aromatic carbocycles. The number of benzene rings is 1. The molecule has 0 fully saturated rings. The summed E-state index contributed by atoms with van der Waals surface area (Å²) in [5.74, 6) is 0. The average Bonchev–Trinajstić information content (AvgIpc) is 3.15. The van der Waals surface area contributed by atoms with E-state index in [0.29, 0.717) is 0 Å². The Balaban J connectivity index is 1.58. The molecule has 1 aromatic heterocycles. The Labute approximate surface area is 158 Å². The summed E-state index contributed by atoms with van der Waals surface area (Å²) in [5.41, 5.74) is 5.38. The highest BCUT2D eigenvalue weighted by molar-refractivity contribution is 7.92. The molecule has 1 unspecified atom stereocenters. The molecule has 3 rings (SSSR count). The summed E-state index contributed by atoms with van der Waals surface area (Å²) in [4.78, 5) is 2.47. The molecule has 2 nitrogen and oxygen atoms in total. The van der Waals surface area contributed by atoms with E-state index in [9.17, 15) is 4.55 Å². The van der Waals surface area contributed by atoms with Gasteiger partial charge in [0.25, 0.3) is 0 Å². The predicted molar refractivity (Wildman–Crippen MR) is 112 cm³/mol. The molecule has 1 atom stereocenters. The molecule has 0 amide bonds. The number of nitrogens with zero attached hydrogens (tertiary/aromatic N) is 1. The van der Waals surface area contributed by atoms with Crippen molar-refractivity contribution in [2.45, 2.75) is 31.4 Å². The van der Waals surface area contributed by atoms with Crippen molar-refractivity contribution in [3.8, 4) is 11.1 Å². The van der Waals surface area contributed by atoms with E-state index in [0.717, 1.165) is 32.5 Å². The lowest BCUT2D eigenvalue weighted by Crippen LogP contribution is -2.37. The second-order valence-corrected chi connectivity index (χ2v) is 10.1. The van der Waals surface area contributed by atoms with Crippen LogP contribution < -0.4 is 0 Å². The monoisotopic (exact) mass is 373 g/mol. The fourth-order valence-corrected chi connectivity index (χ4v) is 4.10. The third kappa shape index (κ3) is 4.76. The van der Waals surface area contributed by atoms with Gasteiger partial charge in [0.2, 0.25) is 0 Å². The zero-order valence-electron chi connectivity index (χ0n) is 15.3. The minimum absolute atomic E-state index is 0.0958. The largest absolute Gasteiger partial charge is 0.616 e. The van der Waals surface area contributed by atoms with Gasteiger partial charge in [0, 0.05) is 26.1 Å². The van der Waals surface area contributed by atoms with Gasteiger partial charge in [-0.25, -0.2) is 0 Å². The lowest BCUT2D eigenvalue weighted by atomic mass is 9.97. The van der Waals surface area contributed by atoms with Crippen LogP contribution in [0.15, 0.2) is 47.2 Å². The molecule has 0 N–H and O–H groups in total. The zero-order valence-corrected chi connectivity index (χ0v) is 17.0. The molecule has 0 bridgehead atoms. The van der Waals surface area contributed by atoms with Crippen molar-refractivity contribution in [1.29, 1.82) is 0 Å². The van der Waals surface area contributed by atoms with Crippen LogP contribution in [0, 0.1) is 0 Å². The maximum atomic E-state index is 11.8. The molecule has 0 radical (unpaired) electrons. The van der Waals surface area contributed by atoms with Crippen LogP contribution in [0.1, 0.15) is 32.3 Å². The summed E-state index contributed by atoms with van der Waals surface area (Å²) in [5, 5.41) is 4.31. The van der Waals surface area contributed by atoms with Crippen molar-refractivity contribution in [3.05, 3.63) is 52.7 Å². The average molecular weight is 374 g/mol. The Morgan fingerprint density at radius 3 is 2.40 bits per heavy atom. The first kappa shape index (κ1) is 18.7. The molecule has 2 heterocycles. The smallest absolute Gasteiger partial charge is 0.121 e. The standard InChI is InChI=1S/C21H27NOS2/c1-21(2,25(3)23)11-14-22-12-8-19(9-13-22)17-4-6-18(7-5-17)20-10-15-24-16-20/h4-8,10,15-16H,9,11-14H2,1-3H3. The van der Waals surface area contributed by atoms with Crippen LogP contribution in [-0.4, -0.2) is 40.1 Å². The molecule has 25 heavy (non-hydrogen) atoms. The van der Waals surface area contributed by atoms with Gasteiger partial charge < -0.3 is 4.55 Å². The van der Waals surface area contributed by atoms with E-state index in [1.165, 1.54) is 22.3 Å². The second-order valence-electron chi connectivity index (χ2n) is 7.33. The number of hydrogen-bond donors (Lipinski definition) is 0. The molecule has 1 aliphatic heterocycles. The van der Waals surface area contributed by atoms with Crippen molar-refractivity contribution in [1.82, 2.24) is 4.90 Å². The van der Waals surface area contributed by atoms with Crippen molar-refractivity contribution >= 4 is 28.1 Å². The summed E-state index contributed by atoms with van der Waals surface area (Å²) in [6.45, 7) is 7.30. The Morgan fingerprint density at radius 2 is 1.84 bits per heavy atom. The lowest BCUT2D eigenvalue weighted by Gasteiger charge is -2.31. The number of hydrogen-bond acceptors (Lipinski definition) is 3. The zero-order chi connectivity index (χ0) is 17.9. The molecule has 4 heteroatoms. The molecule has 0 saturated carbocycles. The van der Waals surface area contributed by atoms with Crippen molar-refractivity contribution < 1.29 is 4.55 Å². The van der Waals surface area contributed by atoms with Crippen LogP contribution in [0.4, 0.5) is 0 Å². The highest BCUT2D eigenvalue weighted by Crippen LogP contribution is 2.28. The van der Waals surface area contributed by atoms with Crippen molar-refractivity contribution in [2.24, 2.45) is 0 Å². The van der Waals surface area contributed by atoms with E-state index < -0.39 is 11.2 Å². The predicted octanol–water partition coefficient (Wildman–Crippen LogP) is 5.05. The first-order valence-corrected chi connectivity index (χ1v) is 11.3. The molecule has 2 aromatic rings. The summed E-state index contributed by atoms with van der Waals surface area (Å²) in [6, 6.07) is 11.1. The van der Waals surface area contributed by atoms with Crippen LogP contribution in [0.25, 0.3) is 16.7 Å². The molecular formula is C21H27NOS2. The molecule has 0 spiro atoms. The van der Waals surface area contributed by atoms with Crippen LogP contribution in [0.5, 0.6) is 0 Å². The van der Waals surface area contributed by atoms with Gasteiger partial charge in [0.05, 0.1) is 6.26 Å². The van der Waals surface area contributed by atoms with Gasteiger partial charge in [-0.15, -0.1) is 0 Å². The van der Waals surface area contributed by atoms with E-state index in [2.05, 4.69) is 65.9 Å². The lowest BCUT2D eigenvalue weighted by molar-refractivity contribution is 0.286. The fourth-order valence-electron chi connectivity index (χ4n) is 3.05. The van der Waals surface area contributed by atoms with Gasteiger partial charge in [-0.2, -0.15) is 11.3 Å². The molecule has 1 aliphatic rings. The van der Waals surface area contributed by atoms with Gasteiger partial charge in [-0.05, 0) is 59.4 Å². The Hall–Kier alpha value is -1.07. The number of thiophene rings is 1. The second kappa shape index (κ2) is 8.09. The van der Waals surface area contributed by atoms with E-state index in [1.807, 2.05) is 6.26 Å². The first-order valence-electron chi connectivity index (χ1n) is 8.84. The van der Waals surface area contributed by atoms with E-state index in [4.69, 9.17) is 0 Å². The first-order chi connectivity index (χ1) is 12.0. The highest BCUT2D eigenvalue weighted by Gasteiger charge is 2.28. The summed E-state index contributed by atoms with van der Waals surface area (Å²) in [7, 11) is 0. The van der Waals surface area contributed by atoms with E-state index >= 15 is 0 Å². The van der Waals surface area contributed by atoms with E-state index in [-0.39, 0.29) is 4.75 Å². The van der Waals surface area contributed by atoms with Crippen LogP contribution in [0.3, 0.4) is 0 Å². The highest BCUT2D eigenvalue weighted by atomic mass is 32.2. The van der Waals surface area contributed by atoms with Gasteiger partial charge in [0.15, 0.2) is 0 Å². The fraction of sp³-hybridized carbons (Fsp3) is 0.429. The van der Waals surface area contributed by atoms with Crippen LogP contribution in [0.2, 0.25) is 0 Å². The van der Waals surface area contributed by atoms with Crippen LogP contribution >= 0.6 is 11.3 Å². The molecule has 0 saturated heterocycles. The summed E-state index contributed by atoms with van der Waals surface area (Å²) >= 11 is 0.965. The number of rotatable bonds is 6. The van der Waals surface area contributed by atoms with Gasteiger partial charge in [0.1, 0.15) is 4.75 Å².